The second kappa shape index (κ2) is 5.19. The van der Waals surface area contributed by atoms with Gasteiger partial charge in [-0.1, -0.05) is 15.9 Å². The number of rotatable bonds is 4. The molecule has 0 amide bonds. The summed E-state index contributed by atoms with van der Waals surface area (Å²) >= 11 is 3.37. The molecule has 0 saturated carbocycles. The molecule has 5 heteroatoms. The van der Waals surface area contributed by atoms with Crippen molar-refractivity contribution in [2.75, 3.05) is 14.2 Å². The first-order chi connectivity index (χ1) is 6.74. The van der Waals surface area contributed by atoms with Crippen LogP contribution < -0.4 is 15.0 Å². The van der Waals surface area contributed by atoms with E-state index < -0.39 is 0 Å². The summed E-state index contributed by atoms with van der Waals surface area (Å²) in [4.78, 5) is 0. The molecule has 0 atom stereocenters. The maximum absolute atomic E-state index is 8.66. The number of nitrogens with one attached hydrogen (secondary N) is 1. The number of halogens is 1. The average Bonchev–Trinajstić information content (AvgIpc) is 2.21. The highest BCUT2D eigenvalue weighted by atomic mass is 79.9. The fourth-order valence-electron chi connectivity index (χ4n) is 1.21. The lowest BCUT2D eigenvalue weighted by Gasteiger charge is -2.13. The smallest absolute Gasteiger partial charge is 0.166 e. The molecule has 0 aliphatic heterocycles. The van der Waals surface area contributed by atoms with Gasteiger partial charge in [0.25, 0.3) is 0 Å². The highest BCUT2D eigenvalue weighted by Gasteiger charge is 2.12. The average molecular weight is 262 g/mol. The zero-order valence-corrected chi connectivity index (χ0v) is 9.59. The van der Waals surface area contributed by atoms with Gasteiger partial charge >= 0.3 is 0 Å². The van der Waals surface area contributed by atoms with Gasteiger partial charge in [-0.3, -0.25) is 0 Å². The van der Waals surface area contributed by atoms with Crippen LogP contribution in [0.1, 0.15) is 5.56 Å². The summed E-state index contributed by atoms with van der Waals surface area (Å²) in [6.07, 6.45) is 0. The zero-order chi connectivity index (χ0) is 10.6. The van der Waals surface area contributed by atoms with Crippen LogP contribution in [0, 0.1) is 0 Å². The van der Waals surface area contributed by atoms with Gasteiger partial charge in [0.05, 0.1) is 20.8 Å². The third-order valence-corrected chi connectivity index (χ3v) is 2.59. The van der Waals surface area contributed by atoms with Gasteiger partial charge in [-0.2, -0.15) is 0 Å². The van der Waals surface area contributed by atoms with Gasteiger partial charge in [-0.15, -0.1) is 0 Å². The van der Waals surface area contributed by atoms with Gasteiger partial charge in [0.2, 0.25) is 0 Å². The Hall–Kier alpha value is -0.780. The maximum atomic E-state index is 8.66. The molecule has 0 unspecified atom stereocenters. The Balaban J connectivity index is 3.20. The summed E-state index contributed by atoms with van der Waals surface area (Å²) in [5.74, 6) is 1.25. The highest BCUT2D eigenvalue weighted by molar-refractivity contribution is 9.10. The molecule has 0 heterocycles. The molecule has 2 N–H and O–H groups in total. The predicted molar refractivity (Wildman–Crippen MR) is 55.9 cm³/mol. The molecular formula is C9H12BrNO3. The molecule has 0 spiro atoms. The molecule has 1 aromatic carbocycles. The Morgan fingerprint density at radius 2 is 2.07 bits per heavy atom. The van der Waals surface area contributed by atoms with Crippen LogP contribution in [-0.2, 0) is 6.54 Å². The second-order valence-corrected chi connectivity index (χ2v) is 3.45. The van der Waals surface area contributed by atoms with Crippen LogP contribution in [0.2, 0.25) is 0 Å². The standard InChI is InChI=1S/C9H12BrNO3/c1-13-8-4-3-7(10)6(5-11-12)9(8)14-2/h3-4,11-12H,5H2,1-2H3. The number of hydroxylamine groups is 1. The fraction of sp³-hybridized carbons (Fsp3) is 0.333. The summed E-state index contributed by atoms with van der Waals surface area (Å²) in [7, 11) is 3.13. The lowest BCUT2D eigenvalue weighted by atomic mass is 10.2. The fourth-order valence-corrected chi connectivity index (χ4v) is 1.66. The van der Waals surface area contributed by atoms with E-state index in [2.05, 4.69) is 21.4 Å². The SMILES string of the molecule is COc1ccc(Br)c(CNO)c1OC. The van der Waals surface area contributed by atoms with Crippen molar-refractivity contribution in [1.29, 1.82) is 0 Å². The minimum absolute atomic E-state index is 0.293. The Kier molecular flexibility index (Phi) is 4.19. The van der Waals surface area contributed by atoms with Crippen molar-refractivity contribution in [2.45, 2.75) is 6.54 Å². The number of methoxy groups -OCH3 is 2. The Morgan fingerprint density at radius 3 is 2.57 bits per heavy atom. The molecular weight excluding hydrogens is 250 g/mol. The largest absolute Gasteiger partial charge is 0.493 e. The lowest BCUT2D eigenvalue weighted by molar-refractivity contribution is 0.159. The molecule has 0 fully saturated rings. The number of benzene rings is 1. The summed E-state index contributed by atoms with van der Waals surface area (Å²) in [6.45, 7) is 0.293. The van der Waals surface area contributed by atoms with E-state index in [4.69, 9.17) is 14.7 Å². The lowest BCUT2D eigenvalue weighted by Crippen LogP contribution is -2.08. The van der Waals surface area contributed by atoms with Crippen molar-refractivity contribution in [3.8, 4) is 11.5 Å². The van der Waals surface area contributed by atoms with Crippen molar-refractivity contribution in [3.05, 3.63) is 22.2 Å². The molecule has 1 aromatic rings. The molecule has 0 aliphatic rings. The van der Waals surface area contributed by atoms with E-state index in [0.29, 0.717) is 18.0 Å². The molecule has 78 valence electrons. The zero-order valence-electron chi connectivity index (χ0n) is 8.00. The van der Waals surface area contributed by atoms with Gasteiger partial charge < -0.3 is 14.7 Å². The first-order valence-electron chi connectivity index (χ1n) is 4.01. The molecule has 0 aliphatic carbocycles. The monoisotopic (exact) mass is 261 g/mol. The summed E-state index contributed by atoms with van der Waals surface area (Å²) in [6, 6.07) is 3.64. The number of hydrogen-bond acceptors (Lipinski definition) is 4. The molecule has 1 rings (SSSR count). The van der Waals surface area contributed by atoms with Crippen molar-refractivity contribution in [2.24, 2.45) is 0 Å². The first kappa shape index (κ1) is 11.3. The van der Waals surface area contributed by atoms with Crippen LogP contribution in [-0.4, -0.2) is 19.4 Å². The second-order valence-electron chi connectivity index (χ2n) is 2.60. The van der Waals surface area contributed by atoms with Crippen molar-refractivity contribution >= 4 is 15.9 Å². The van der Waals surface area contributed by atoms with Crippen LogP contribution in [0.4, 0.5) is 0 Å². The highest BCUT2D eigenvalue weighted by Crippen LogP contribution is 2.35. The first-order valence-corrected chi connectivity index (χ1v) is 4.80. The van der Waals surface area contributed by atoms with Crippen LogP contribution >= 0.6 is 15.9 Å². The molecule has 0 bridgehead atoms. The topological polar surface area (TPSA) is 50.7 Å². The van der Waals surface area contributed by atoms with E-state index in [1.54, 1.807) is 20.3 Å². The van der Waals surface area contributed by atoms with E-state index in [-0.39, 0.29) is 0 Å². The van der Waals surface area contributed by atoms with Crippen molar-refractivity contribution in [3.63, 3.8) is 0 Å². The van der Waals surface area contributed by atoms with Gasteiger partial charge in [0.1, 0.15) is 0 Å². The van der Waals surface area contributed by atoms with Gasteiger partial charge in [0.15, 0.2) is 11.5 Å². The van der Waals surface area contributed by atoms with Crippen molar-refractivity contribution < 1.29 is 14.7 Å². The van der Waals surface area contributed by atoms with E-state index in [9.17, 15) is 0 Å². The van der Waals surface area contributed by atoms with Crippen LogP contribution in [0.5, 0.6) is 11.5 Å². The normalized spacial score (nSPS) is 10.0. The van der Waals surface area contributed by atoms with Gasteiger partial charge in [-0.25, -0.2) is 5.48 Å². The molecule has 0 saturated heterocycles. The predicted octanol–water partition coefficient (Wildman–Crippen LogP) is 1.95. The summed E-state index contributed by atoms with van der Waals surface area (Å²) < 4.78 is 11.2. The Labute approximate surface area is 90.9 Å². The van der Waals surface area contributed by atoms with Gasteiger partial charge in [-0.05, 0) is 12.1 Å². The third-order valence-electron chi connectivity index (χ3n) is 1.85. The number of ether oxygens (including phenoxy) is 2. The van der Waals surface area contributed by atoms with Crippen molar-refractivity contribution in [1.82, 2.24) is 5.48 Å². The molecule has 0 radical (unpaired) electrons. The molecule has 0 aromatic heterocycles. The summed E-state index contributed by atoms with van der Waals surface area (Å²) in [5.41, 5.74) is 2.90. The molecule has 14 heavy (non-hydrogen) atoms. The minimum atomic E-state index is 0.293. The van der Waals surface area contributed by atoms with E-state index in [1.165, 1.54) is 0 Å². The van der Waals surface area contributed by atoms with Crippen LogP contribution in [0.15, 0.2) is 16.6 Å². The Morgan fingerprint density at radius 1 is 1.36 bits per heavy atom. The van der Waals surface area contributed by atoms with E-state index in [0.717, 1.165) is 10.0 Å². The maximum Gasteiger partial charge on any atom is 0.166 e. The quantitative estimate of drug-likeness (QED) is 0.814. The van der Waals surface area contributed by atoms with E-state index >= 15 is 0 Å². The van der Waals surface area contributed by atoms with Gasteiger partial charge in [0, 0.05) is 10.0 Å². The third kappa shape index (κ3) is 2.17. The number of hydrogen-bond donors (Lipinski definition) is 2. The molecule has 4 nitrogen and oxygen atoms in total. The summed E-state index contributed by atoms with van der Waals surface area (Å²) in [5, 5.41) is 8.66. The van der Waals surface area contributed by atoms with Crippen LogP contribution in [0.25, 0.3) is 0 Å². The minimum Gasteiger partial charge on any atom is -0.493 e. The van der Waals surface area contributed by atoms with E-state index in [1.807, 2.05) is 6.07 Å². The Bertz CT molecular complexity index is 317. The van der Waals surface area contributed by atoms with Crippen LogP contribution in [0.3, 0.4) is 0 Å².